The molecule has 0 aliphatic heterocycles. The molecule has 0 unspecified atom stereocenters. The minimum absolute atomic E-state index is 0.0198. The van der Waals surface area contributed by atoms with Crippen LogP contribution in [0.2, 0.25) is 5.02 Å². The van der Waals surface area contributed by atoms with Gasteiger partial charge >= 0.3 is 12.6 Å². The monoisotopic (exact) mass is 412 g/mol. The summed E-state index contributed by atoms with van der Waals surface area (Å²) in [5.41, 5.74) is 0.496. The average Bonchev–Trinajstić information content (AvgIpc) is 2.66. The molecule has 0 saturated heterocycles. The molecule has 2 amide bonds. The quantitative estimate of drug-likeness (QED) is 0.650. The molecule has 0 bridgehead atoms. The molecule has 10 heteroatoms. The van der Waals surface area contributed by atoms with Crippen molar-refractivity contribution in [1.29, 1.82) is 0 Å². The number of nitrogens with one attached hydrogen (secondary N) is 2. The van der Waals surface area contributed by atoms with Crippen LogP contribution in [-0.2, 0) is 14.3 Å². The van der Waals surface area contributed by atoms with Gasteiger partial charge in [0.05, 0.1) is 0 Å². The van der Waals surface area contributed by atoms with E-state index in [1.165, 1.54) is 18.2 Å². The van der Waals surface area contributed by atoms with Crippen LogP contribution in [0.15, 0.2) is 48.5 Å². The number of ether oxygens (including phenoxy) is 2. The second-order valence-corrected chi connectivity index (χ2v) is 5.74. The van der Waals surface area contributed by atoms with Crippen LogP contribution in [0.3, 0.4) is 0 Å². The van der Waals surface area contributed by atoms with E-state index < -0.39 is 37.5 Å². The fourth-order valence-electron chi connectivity index (χ4n) is 2.00. The molecule has 0 fully saturated rings. The number of carbonyl (C=O) groups excluding carboxylic acids is 3. The van der Waals surface area contributed by atoms with Crippen molar-refractivity contribution < 1.29 is 32.6 Å². The van der Waals surface area contributed by atoms with E-state index in [0.717, 1.165) is 6.07 Å². The Morgan fingerprint density at radius 3 is 2.46 bits per heavy atom. The van der Waals surface area contributed by atoms with Crippen LogP contribution < -0.4 is 15.4 Å². The first-order chi connectivity index (χ1) is 13.3. The molecule has 7 nitrogen and oxygen atoms in total. The summed E-state index contributed by atoms with van der Waals surface area (Å²) in [6, 6.07) is 11.4. The number of halogens is 3. The number of hydrogen-bond donors (Lipinski definition) is 2. The topological polar surface area (TPSA) is 93.7 Å². The van der Waals surface area contributed by atoms with E-state index in [0.29, 0.717) is 10.7 Å². The summed E-state index contributed by atoms with van der Waals surface area (Å²) in [5.74, 6) is -2.30. The SMILES string of the molecule is O=C(COC(=O)CNC(=O)c1cccc(OC(F)F)c1)Nc1ccc(Cl)cc1. The van der Waals surface area contributed by atoms with Crippen LogP contribution in [0.1, 0.15) is 10.4 Å². The van der Waals surface area contributed by atoms with Crippen molar-refractivity contribution in [3.8, 4) is 5.75 Å². The maximum Gasteiger partial charge on any atom is 0.387 e. The van der Waals surface area contributed by atoms with E-state index in [2.05, 4.69) is 15.4 Å². The molecule has 2 N–H and O–H groups in total. The molecular weight excluding hydrogens is 398 g/mol. The first-order valence-electron chi connectivity index (χ1n) is 7.87. The number of carbonyl (C=O) groups is 3. The number of alkyl halides is 2. The Balaban J connectivity index is 1.75. The summed E-state index contributed by atoms with van der Waals surface area (Å²) in [6.45, 7) is -4.07. The van der Waals surface area contributed by atoms with E-state index in [9.17, 15) is 23.2 Å². The fraction of sp³-hybridized carbons (Fsp3) is 0.167. The van der Waals surface area contributed by atoms with E-state index in [1.54, 1.807) is 24.3 Å². The third-order valence-electron chi connectivity index (χ3n) is 3.21. The molecule has 0 aliphatic rings. The third kappa shape index (κ3) is 7.20. The Morgan fingerprint density at radius 1 is 1.07 bits per heavy atom. The number of esters is 1. The molecule has 2 aromatic rings. The van der Waals surface area contributed by atoms with Crippen molar-refractivity contribution in [3.63, 3.8) is 0 Å². The average molecular weight is 413 g/mol. The van der Waals surface area contributed by atoms with Gasteiger partial charge in [-0.25, -0.2) is 0 Å². The van der Waals surface area contributed by atoms with Crippen molar-refractivity contribution in [3.05, 3.63) is 59.1 Å². The van der Waals surface area contributed by atoms with Gasteiger partial charge in [-0.15, -0.1) is 0 Å². The van der Waals surface area contributed by atoms with Gasteiger partial charge in [0, 0.05) is 16.3 Å². The van der Waals surface area contributed by atoms with E-state index >= 15 is 0 Å². The van der Waals surface area contributed by atoms with Gasteiger partial charge < -0.3 is 20.1 Å². The highest BCUT2D eigenvalue weighted by atomic mass is 35.5. The summed E-state index contributed by atoms with van der Waals surface area (Å²) < 4.78 is 33.3. The summed E-state index contributed by atoms with van der Waals surface area (Å²) in [5, 5.41) is 5.26. The molecule has 148 valence electrons. The van der Waals surface area contributed by atoms with Crippen LogP contribution in [-0.4, -0.2) is 37.5 Å². The highest BCUT2D eigenvalue weighted by molar-refractivity contribution is 6.30. The van der Waals surface area contributed by atoms with Gasteiger partial charge in [0.1, 0.15) is 12.3 Å². The van der Waals surface area contributed by atoms with Crippen molar-refractivity contribution in [1.82, 2.24) is 5.32 Å². The maximum absolute atomic E-state index is 12.2. The van der Waals surface area contributed by atoms with Crippen LogP contribution in [0.4, 0.5) is 14.5 Å². The normalized spacial score (nSPS) is 10.3. The van der Waals surface area contributed by atoms with Gasteiger partial charge in [-0.3, -0.25) is 14.4 Å². The Hall–Kier alpha value is -3.20. The Labute approximate surface area is 163 Å². The number of anilines is 1. The van der Waals surface area contributed by atoms with Gasteiger partial charge in [0.2, 0.25) is 0 Å². The highest BCUT2D eigenvalue weighted by Crippen LogP contribution is 2.16. The van der Waals surface area contributed by atoms with Crippen LogP contribution >= 0.6 is 11.6 Å². The van der Waals surface area contributed by atoms with E-state index in [1.807, 2.05) is 0 Å². The van der Waals surface area contributed by atoms with Crippen LogP contribution in [0, 0.1) is 0 Å². The largest absolute Gasteiger partial charge is 0.454 e. The van der Waals surface area contributed by atoms with Crippen LogP contribution in [0.5, 0.6) is 5.75 Å². The number of rotatable bonds is 8. The predicted octanol–water partition coefficient (Wildman–Crippen LogP) is 2.85. The van der Waals surface area contributed by atoms with Crippen LogP contribution in [0.25, 0.3) is 0 Å². The number of amides is 2. The lowest BCUT2D eigenvalue weighted by Gasteiger charge is -2.09. The molecule has 0 aliphatic carbocycles. The Morgan fingerprint density at radius 2 is 1.79 bits per heavy atom. The van der Waals surface area contributed by atoms with E-state index in [4.69, 9.17) is 16.3 Å². The molecule has 0 saturated carbocycles. The lowest BCUT2D eigenvalue weighted by atomic mass is 10.2. The summed E-state index contributed by atoms with van der Waals surface area (Å²) in [7, 11) is 0. The van der Waals surface area contributed by atoms with Crippen molar-refractivity contribution in [2.24, 2.45) is 0 Å². The predicted molar refractivity (Wildman–Crippen MR) is 96.4 cm³/mol. The van der Waals surface area contributed by atoms with Gasteiger partial charge in [-0.05, 0) is 42.5 Å². The summed E-state index contributed by atoms with van der Waals surface area (Å²) in [6.07, 6.45) is 0. The number of benzene rings is 2. The molecule has 0 heterocycles. The van der Waals surface area contributed by atoms with Gasteiger partial charge in [0.15, 0.2) is 6.61 Å². The first-order valence-corrected chi connectivity index (χ1v) is 8.25. The smallest absolute Gasteiger partial charge is 0.387 e. The highest BCUT2D eigenvalue weighted by Gasteiger charge is 2.12. The van der Waals surface area contributed by atoms with Gasteiger partial charge in [0.25, 0.3) is 11.8 Å². The van der Waals surface area contributed by atoms with Crippen molar-refractivity contribution in [2.45, 2.75) is 6.61 Å². The summed E-state index contributed by atoms with van der Waals surface area (Å²) in [4.78, 5) is 35.3. The minimum Gasteiger partial charge on any atom is -0.454 e. The maximum atomic E-state index is 12.2. The molecule has 2 rings (SSSR count). The molecule has 2 aromatic carbocycles. The molecule has 0 radical (unpaired) electrons. The summed E-state index contributed by atoms with van der Waals surface area (Å²) >= 11 is 5.73. The van der Waals surface area contributed by atoms with Gasteiger partial charge in [-0.1, -0.05) is 17.7 Å². The van der Waals surface area contributed by atoms with E-state index in [-0.39, 0.29) is 11.3 Å². The van der Waals surface area contributed by atoms with Crippen molar-refractivity contribution >= 4 is 35.1 Å². The second-order valence-electron chi connectivity index (χ2n) is 5.30. The van der Waals surface area contributed by atoms with Gasteiger partial charge in [-0.2, -0.15) is 8.78 Å². The zero-order chi connectivity index (χ0) is 20.5. The molecular formula is C18H15ClF2N2O5. The lowest BCUT2D eigenvalue weighted by Crippen LogP contribution is -2.32. The standard InChI is InChI=1S/C18H15ClF2N2O5/c19-12-4-6-13(7-5-12)23-15(24)10-27-16(25)9-22-17(26)11-2-1-3-14(8-11)28-18(20)21/h1-8,18H,9-10H2,(H,22,26)(H,23,24). The first kappa shape index (κ1) is 21.1. The Bertz CT molecular complexity index is 846. The third-order valence-corrected chi connectivity index (χ3v) is 3.46. The number of hydrogen-bond acceptors (Lipinski definition) is 5. The molecule has 0 atom stereocenters. The molecule has 0 spiro atoms. The molecule has 28 heavy (non-hydrogen) atoms. The lowest BCUT2D eigenvalue weighted by molar-refractivity contribution is -0.146. The Kier molecular flexibility index (Phi) is 7.70. The molecule has 0 aromatic heterocycles. The zero-order valence-electron chi connectivity index (χ0n) is 14.3. The fourth-order valence-corrected chi connectivity index (χ4v) is 2.12. The second kappa shape index (κ2) is 10.2. The minimum atomic E-state index is -3.02. The van der Waals surface area contributed by atoms with Crippen molar-refractivity contribution in [2.75, 3.05) is 18.5 Å². The zero-order valence-corrected chi connectivity index (χ0v) is 15.0.